The number of nitrogens with one attached hydrogen (secondary N) is 1. The molecule has 7 heteroatoms. The van der Waals surface area contributed by atoms with E-state index in [4.69, 9.17) is 14.2 Å². The Balaban J connectivity index is 1.90. The Labute approximate surface area is 155 Å². The van der Waals surface area contributed by atoms with Crippen molar-refractivity contribution >= 4 is 28.5 Å². The number of benzene rings is 2. The third kappa shape index (κ3) is 4.33. The van der Waals surface area contributed by atoms with Crippen molar-refractivity contribution in [3.63, 3.8) is 0 Å². The smallest absolute Gasteiger partial charge is 0.337 e. The van der Waals surface area contributed by atoms with Crippen LogP contribution in [0.1, 0.15) is 17.3 Å². The number of fused-ring (bicyclic) bond motifs is 1. The largest absolute Gasteiger partial charge is 0.497 e. The molecule has 1 aromatic heterocycles. The first-order valence-electron chi connectivity index (χ1n) is 8.12. The molecular weight excluding hydrogens is 348 g/mol. The molecule has 3 rings (SSSR count). The normalized spacial score (nSPS) is 10.3. The lowest BCUT2D eigenvalue weighted by Crippen LogP contribution is -2.06. The molecule has 1 heterocycles. The van der Waals surface area contributed by atoms with Crippen LogP contribution in [0.15, 0.2) is 48.5 Å². The molecule has 0 fully saturated rings. The highest BCUT2D eigenvalue weighted by Gasteiger charge is 2.09. The number of hydrogen-bond donors (Lipinski definition) is 1. The fourth-order valence-electron chi connectivity index (χ4n) is 2.55. The fraction of sp³-hybridized carbons (Fsp3) is 0.150. The first kappa shape index (κ1) is 18.2. The standard InChI is InChI=1S/C20H18N2O5/c1-12(23)21-15-9-16(25-2)11-17(10-15)27-19-7-5-13-8-14(20(24)26-3)4-6-18(13)22-19/h4-11H,1-3H3,(H,21,23). The molecule has 0 saturated heterocycles. The number of hydrogen-bond acceptors (Lipinski definition) is 6. The summed E-state index contributed by atoms with van der Waals surface area (Å²) in [6.07, 6.45) is 0. The Bertz CT molecular complexity index is 1020. The molecule has 0 spiro atoms. The summed E-state index contributed by atoms with van der Waals surface area (Å²) in [6, 6.07) is 13.6. The van der Waals surface area contributed by atoms with E-state index in [1.165, 1.54) is 21.1 Å². The van der Waals surface area contributed by atoms with Gasteiger partial charge in [-0.15, -0.1) is 0 Å². The minimum absolute atomic E-state index is 0.195. The van der Waals surface area contributed by atoms with Crippen molar-refractivity contribution in [3.05, 3.63) is 54.1 Å². The van der Waals surface area contributed by atoms with Gasteiger partial charge in [0, 0.05) is 42.3 Å². The van der Waals surface area contributed by atoms with E-state index >= 15 is 0 Å². The number of carbonyl (C=O) groups excluding carboxylic acids is 2. The molecule has 27 heavy (non-hydrogen) atoms. The van der Waals surface area contributed by atoms with Crippen molar-refractivity contribution in [3.8, 4) is 17.4 Å². The highest BCUT2D eigenvalue weighted by atomic mass is 16.5. The summed E-state index contributed by atoms with van der Waals surface area (Å²) in [5, 5.41) is 3.48. The fourth-order valence-corrected chi connectivity index (χ4v) is 2.55. The summed E-state index contributed by atoms with van der Waals surface area (Å²) in [5.74, 6) is 0.782. The van der Waals surface area contributed by atoms with Crippen molar-refractivity contribution in [1.29, 1.82) is 0 Å². The number of esters is 1. The predicted octanol–water partition coefficient (Wildman–Crippen LogP) is 3.78. The lowest BCUT2D eigenvalue weighted by atomic mass is 10.1. The number of amides is 1. The second kappa shape index (κ2) is 7.74. The number of anilines is 1. The van der Waals surface area contributed by atoms with Crippen molar-refractivity contribution in [2.75, 3.05) is 19.5 Å². The Morgan fingerprint density at radius 2 is 1.74 bits per heavy atom. The molecule has 1 N–H and O–H groups in total. The topological polar surface area (TPSA) is 86.8 Å². The number of nitrogens with zero attached hydrogens (tertiary/aromatic N) is 1. The minimum atomic E-state index is -0.404. The van der Waals surface area contributed by atoms with Gasteiger partial charge in [-0.05, 0) is 24.3 Å². The van der Waals surface area contributed by atoms with Crippen LogP contribution >= 0.6 is 0 Å². The molecule has 2 aromatic carbocycles. The summed E-state index contributed by atoms with van der Waals surface area (Å²) in [6.45, 7) is 1.42. The zero-order chi connectivity index (χ0) is 19.4. The Morgan fingerprint density at radius 1 is 0.963 bits per heavy atom. The van der Waals surface area contributed by atoms with Crippen LogP contribution in [-0.2, 0) is 9.53 Å². The van der Waals surface area contributed by atoms with Gasteiger partial charge in [0.25, 0.3) is 0 Å². The number of ether oxygens (including phenoxy) is 3. The van der Waals surface area contributed by atoms with E-state index in [2.05, 4.69) is 10.3 Å². The van der Waals surface area contributed by atoms with E-state index in [9.17, 15) is 9.59 Å². The molecule has 138 valence electrons. The van der Waals surface area contributed by atoms with Crippen LogP contribution in [0.5, 0.6) is 17.4 Å². The van der Waals surface area contributed by atoms with Crippen LogP contribution in [0.25, 0.3) is 10.9 Å². The summed E-state index contributed by atoms with van der Waals surface area (Å²) in [5.41, 5.74) is 1.68. The number of aromatic nitrogens is 1. The Morgan fingerprint density at radius 3 is 2.44 bits per heavy atom. The monoisotopic (exact) mass is 366 g/mol. The molecule has 0 aliphatic heterocycles. The van der Waals surface area contributed by atoms with E-state index in [1.807, 2.05) is 0 Å². The van der Waals surface area contributed by atoms with Crippen molar-refractivity contribution in [2.24, 2.45) is 0 Å². The Kier molecular flexibility index (Phi) is 5.21. The van der Waals surface area contributed by atoms with Crippen LogP contribution in [0.2, 0.25) is 0 Å². The lowest BCUT2D eigenvalue weighted by molar-refractivity contribution is -0.114. The van der Waals surface area contributed by atoms with Crippen LogP contribution in [0.3, 0.4) is 0 Å². The van der Waals surface area contributed by atoms with Gasteiger partial charge in [0.15, 0.2) is 0 Å². The summed E-state index contributed by atoms with van der Waals surface area (Å²) < 4.78 is 15.8. The van der Waals surface area contributed by atoms with E-state index in [1.54, 1.807) is 48.5 Å². The minimum Gasteiger partial charge on any atom is -0.497 e. The van der Waals surface area contributed by atoms with Gasteiger partial charge < -0.3 is 19.5 Å². The van der Waals surface area contributed by atoms with Crippen molar-refractivity contribution in [2.45, 2.75) is 6.92 Å². The van der Waals surface area contributed by atoms with Crippen molar-refractivity contribution < 1.29 is 23.8 Å². The second-order valence-corrected chi connectivity index (χ2v) is 5.73. The predicted molar refractivity (Wildman–Crippen MR) is 100 cm³/mol. The van der Waals surface area contributed by atoms with Crippen LogP contribution < -0.4 is 14.8 Å². The highest BCUT2D eigenvalue weighted by molar-refractivity contribution is 5.94. The van der Waals surface area contributed by atoms with Gasteiger partial charge in [0.2, 0.25) is 11.8 Å². The van der Waals surface area contributed by atoms with Gasteiger partial charge in [0.05, 0.1) is 25.3 Å². The van der Waals surface area contributed by atoms with Gasteiger partial charge >= 0.3 is 5.97 Å². The summed E-state index contributed by atoms with van der Waals surface area (Å²) >= 11 is 0. The second-order valence-electron chi connectivity index (χ2n) is 5.73. The third-order valence-corrected chi connectivity index (χ3v) is 3.74. The highest BCUT2D eigenvalue weighted by Crippen LogP contribution is 2.30. The molecule has 1 amide bonds. The molecule has 3 aromatic rings. The van der Waals surface area contributed by atoms with Crippen LogP contribution in [0.4, 0.5) is 5.69 Å². The molecular formula is C20H18N2O5. The maximum absolute atomic E-state index is 11.6. The number of carbonyl (C=O) groups is 2. The van der Waals surface area contributed by atoms with Crippen LogP contribution in [-0.4, -0.2) is 31.1 Å². The zero-order valence-corrected chi connectivity index (χ0v) is 15.1. The average molecular weight is 366 g/mol. The molecule has 0 aliphatic carbocycles. The van der Waals surface area contributed by atoms with E-state index in [-0.39, 0.29) is 5.91 Å². The van der Waals surface area contributed by atoms with E-state index < -0.39 is 5.97 Å². The summed E-state index contributed by atoms with van der Waals surface area (Å²) in [4.78, 5) is 27.4. The molecule has 0 atom stereocenters. The number of methoxy groups -OCH3 is 2. The van der Waals surface area contributed by atoms with Crippen LogP contribution in [0, 0.1) is 0 Å². The maximum atomic E-state index is 11.6. The van der Waals surface area contributed by atoms with Crippen molar-refractivity contribution in [1.82, 2.24) is 4.98 Å². The zero-order valence-electron chi connectivity index (χ0n) is 15.1. The van der Waals surface area contributed by atoms with Gasteiger partial charge in [-0.2, -0.15) is 0 Å². The molecule has 0 aliphatic rings. The molecule has 0 saturated carbocycles. The number of pyridine rings is 1. The van der Waals surface area contributed by atoms with Gasteiger partial charge in [-0.25, -0.2) is 9.78 Å². The van der Waals surface area contributed by atoms with Gasteiger partial charge in [-0.3, -0.25) is 4.79 Å². The van der Waals surface area contributed by atoms with Gasteiger partial charge in [0.1, 0.15) is 11.5 Å². The van der Waals surface area contributed by atoms with E-state index in [0.29, 0.717) is 34.1 Å². The molecule has 0 radical (unpaired) electrons. The lowest BCUT2D eigenvalue weighted by Gasteiger charge is -2.11. The Hall–Kier alpha value is -3.61. The molecule has 0 unspecified atom stereocenters. The molecule has 7 nitrogen and oxygen atoms in total. The number of rotatable bonds is 5. The first-order chi connectivity index (χ1) is 13.0. The van der Waals surface area contributed by atoms with E-state index in [0.717, 1.165) is 5.39 Å². The maximum Gasteiger partial charge on any atom is 0.337 e. The van der Waals surface area contributed by atoms with Gasteiger partial charge in [-0.1, -0.05) is 0 Å². The third-order valence-electron chi connectivity index (χ3n) is 3.74. The quantitative estimate of drug-likeness (QED) is 0.692. The average Bonchev–Trinajstić information content (AvgIpc) is 2.66. The SMILES string of the molecule is COC(=O)c1ccc2nc(Oc3cc(NC(C)=O)cc(OC)c3)ccc2c1. The molecule has 0 bridgehead atoms. The summed E-state index contributed by atoms with van der Waals surface area (Å²) in [7, 11) is 2.87. The first-order valence-corrected chi connectivity index (χ1v) is 8.12.